The second-order valence-corrected chi connectivity index (χ2v) is 5.02. The first kappa shape index (κ1) is 14.2. The standard InChI is InChI=1S/C10H9F3N2O2S2/c11-10(12,13)5-17-3-2-15-8(16)6-1-4-19-7(6)14-9(15)18/h1,4H,2-3,5H2,(H,14,18). The summed E-state index contributed by atoms with van der Waals surface area (Å²) in [4.78, 5) is 15.5. The fourth-order valence-corrected chi connectivity index (χ4v) is 2.64. The number of H-pyrrole nitrogens is 1. The zero-order chi connectivity index (χ0) is 14.0. The highest BCUT2D eigenvalue weighted by Gasteiger charge is 2.27. The summed E-state index contributed by atoms with van der Waals surface area (Å²) in [5.74, 6) is 0. The van der Waals surface area contributed by atoms with E-state index in [9.17, 15) is 18.0 Å². The number of hydrogen-bond donors (Lipinski definition) is 1. The summed E-state index contributed by atoms with van der Waals surface area (Å²) < 4.78 is 41.5. The van der Waals surface area contributed by atoms with Crippen LogP contribution in [0.4, 0.5) is 13.2 Å². The van der Waals surface area contributed by atoms with Crippen molar-refractivity contribution in [2.75, 3.05) is 13.2 Å². The molecule has 0 saturated heterocycles. The summed E-state index contributed by atoms with van der Waals surface area (Å²) >= 11 is 6.33. The van der Waals surface area contributed by atoms with Gasteiger partial charge in [-0.3, -0.25) is 9.36 Å². The zero-order valence-corrected chi connectivity index (χ0v) is 11.1. The Bertz CT molecular complexity index is 686. The predicted molar refractivity (Wildman–Crippen MR) is 68.1 cm³/mol. The first-order valence-corrected chi connectivity index (χ1v) is 6.52. The highest BCUT2D eigenvalue weighted by atomic mass is 32.1. The molecule has 9 heteroatoms. The molecule has 0 radical (unpaired) electrons. The summed E-state index contributed by atoms with van der Waals surface area (Å²) in [6, 6.07) is 1.64. The fourth-order valence-electron chi connectivity index (χ4n) is 1.52. The highest BCUT2D eigenvalue weighted by molar-refractivity contribution is 7.71. The quantitative estimate of drug-likeness (QED) is 0.698. The Kier molecular flexibility index (Phi) is 4.07. The van der Waals surface area contributed by atoms with Crippen LogP contribution in [0.5, 0.6) is 0 Å². The van der Waals surface area contributed by atoms with Gasteiger partial charge in [-0.15, -0.1) is 11.3 Å². The molecule has 0 spiro atoms. The van der Waals surface area contributed by atoms with Gasteiger partial charge in [0.2, 0.25) is 0 Å². The van der Waals surface area contributed by atoms with Gasteiger partial charge >= 0.3 is 6.18 Å². The monoisotopic (exact) mass is 310 g/mol. The van der Waals surface area contributed by atoms with E-state index in [1.54, 1.807) is 11.4 Å². The number of nitrogens with one attached hydrogen (secondary N) is 1. The van der Waals surface area contributed by atoms with Crippen LogP contribution in [0.2, 0.25) is 0 Å². The minimum absolute atomic E-state index is 0.0178. The van der Waals surface area contributed by atoms with Crippen LogP contribution in [0.15, 0.2) is 16.2 Å². The lowest BCUT2D eigenvalue weighted by atomic mass is 10.4. The maximum atomic E-state index is 12.0. The molecule has 0 unspecified atom stereocenters. The van der Waals surface area contributed by atoms with Gasteiger partial charge in [0.25, 0.3) is 5.56 Å². The Morgan fingerprint density at radius 1 is 1.47 bits per heavy atom. The van der Waals surface area contributed by atoms with E-state index in [2.05, 4.69) is 9.72 Å². The summed E-state index contributed by atoms with van der Waals surface area (Å²) in [6.45, 7) is -1.58. The van der Waals surface area contributed by atoms with Crippen molar-refractivity contribution >= 4 is 33.8 Å². The van der Waals surface area contributed by atoms with Crippen LogP contribution in [0.25, 0.3) is 10.2 Å². The number of nitrogens with zero attached hydrogens (tertiary/aromatic N) is 1. The molecule has 19 heavy (non-hydrogen) atoms. The summed E-state index contributed by atoms with van der Waals surface area (Å²) in [5, 5.41) is 2.20. The van der Waals surface area contributed by atoms with Crippen molar-refractivity contribution in [3.8, 4) is 0 Å². The molecule has 0 saturated carbocycles. The van der Waals surface area contributed by atoms with Gasteiger partial charge < -0.3 is 9.72 Å². The minimum Gasteiger partial charge on any atom is -0.370 e. The molecule has 4 nitrogen and oxygen atoms in total. The summed E-state index contributed by atoms with van der Waals surface area (Å²) in [6.07, 6.45) is -4.37. The largest absolute Gasteiger partial charge is 0.411 e. The average molecular weight is 310 g/mol. The Hall–Kier alpha value is -1.19. The van der Waals surface area contributed by atoms with Gasteiger partial charge in [-0.05, 0) is 23.7 Å². The average Bonchev–Trinajstić information content (AvgIpc) is 2.74. The van der Waals surface area contributed by atoms with Crippen molar-refractivity contribution in [1.29, 1.82) is 0 Å². The van der Waals surface area contributed by atoms with Gasteiger partial charge in [0.15, 0.2) is 4.77 Å². The highest BCUT2D eigenvalue weighted by Crippen LogP contribution is 2.15. The van der Waals surface area contributed by atoms with Crippen molar-refractivity contribution in [1.82, 2.24) is 9.55 Å². The number of ether oxygens (including phenoxy) is 1. The Morgan fingerprint density at radius 3 is 2.89 bits per heavy atom. The zero-order valence-electron chi connectivity index (χ0n) is 9.49. The third kappa shape index (κ3) is 3.43. The molecular formula is C10H9F3N2O2S2. The topological polar surface area (TPSA) is 47.0 Å². The van der Waals surface area contributed by atoms with Crippen LogP contribution in [-0.4, -0.2) is 28.9 Å². The van der Waals surface area contributed by atoms with E-state index in [1.165, 1.54) is 15.9 Å². The van der Waals surface area contributed by atoms with Crippen LogP contribution in [0.3, 0.4) is 0 Å². The van der Waals surface area contributed by atoms with Gasteiger partial charge in [-0.2, -0.15) is 13.2 Å². The van der Waals surface area contributed by atoms with E-state index < -0.39 is 12.8 Å². The first-order valence-electron chi connectivity index (χ1n) is 5.23. The van der Waals surface area contributed by atoms with E-state index in [0.717, 1.165) is 0 Å². The normalized spacial score (nSPS) is 12.2. The van der Waals surface area contributed by atoms with Crippen LogP contribution in [-0.2, 0) is 11.3 Å². The summed E-state index contributed by atoms with van der Waals surface area (Å²) in [5.41, 5.74) is -0.324. The fraction of sp³-hybridized carbons (Fsp3) is 0.400. The van der Waals surface area contributed by atoms with Gasteiger partial charge in [-0.1, -0.05) is 0 Å². The van der Waals surface area contributed by atoms with Crippen molar-refractivity contribution in [2.45, 2.75) is 12.7 Å². The molecule has 0 aromatic carbocycles. The van der Waals surface area contributed by atoms with E-state index in [-0.39, 0.29) is 23.5 Å². The number of thiophene rings is 1. The van der Waals surface area contributed by atoms with Gasteiger partial charge in [0, 0.05) is 0 Å². The van der Waals surface area contributed by atoms with Crippen LogP contribution >= 0.6 is 23.6 Å². The molecule has 0 aliphatic carbocycles. The summed E-state index contributed by atoms with van der Waals surface area (Å²) in [7, 11) is 0. The molecule has 2 heterocycles. The van der Waals surface area contributed by atoms with E-state index >= 15 is 0 Å². The number of hydrogen-bond acceptors (Lipinski definition) is 4. The molecular weight excluding hydrogens is 301 g/mol. The molecule has 0 amide bonds. The number of rotatable bonds is 4. The molecule has 0 fully saturated rings. The molecule has 0 bridgehead atoms. The number of halogens is 3. The Morgan fingerprint density at radius 2 is 2.21 bits per heavy atom. The maximum absolute atomic E-state index is 12.0. The third-order valence-corrected chi connectivity index (χ3v) is 3.48. The lowest BCUT2D eigenvalue weighted by Crippen LogP contribution is -2.25. The van der Waals surface area contributed by atoms with Gasteiger partial charge in [0.05, 0.1) is 18.5 Å². The van der Waals surface area contributed by atoms with Gasteiger partial charge in [-0.25, -0.2) is 0 Å². The lowest BCUT2D eigenvalue weighted by Gasteiger charge is -2.09. The van der Waals surface area contributed by atoms with E-state index in [0.29, 0.717) is 10.2 Å². The van der Waals surface area contributed by atoms with Crippen molar-refractivity contribution in [3.63, 3.8) is 0 Å². The van der Waals surface area contributed by atoms with Crippen molar-refractivity contribution in [3.05, 3.63) is 26.6 Å². The van der Waals surface area contributed by atoms with E-state index in [1.807, 2.05) is 0 Å². The molecule has 0 atom stereocenters. The smallest absolute Gasteiger partial charge is 0.370 e. The molecule has 0 aliphatic heterocycles. The van der Waals surface area contributed by atoms with Crippen molar-refractivity contribution in [2.24, 2.45) is 0 Å². The molecule has 2 aromatic rings. The molecule has 0 aliphatic rings. The Balaban J connectivity index is 2.13. The molecule has 2 aromatic heterocycles. The molecule has 2 rings (SSSR count). The predicted octanol–water partition coefficient (Wildman–Crippen LogP) is 2.70. The first-order chi connectivity index (χ1) is 8.88. The van der Waals surface area contributed by atoms with E-state index in [4.69, 9.17) is 12.2 Å². The molecule has 1 N–H and O–H groups in total. The minimum atomic E-state index is -4.37. The second-order valence-electron chi connectivity index (χ2n) is 3.72. The SMILES string of the molecule is O=c1c2ccsc2[nH]c(=S)n1CCOCC(F)(F)F. The Labute approximate surface area is 114 Å². The van der Waals surface area contributed by atoms with Crippen molar-refractivity contribution < 1.29 is 17.9 Å². The maximum Gasteiger partial charge on any atom is 0.411 e. The number of aromatic amines is 1. The number of fused-ring (bicyclic) bond motifs is 1. The molecule has 104 valence electrons. The number of alkyl halides is 3. The third-order valence-electron chi connectivity index (χ3n) is 2.33. The van der Waals surface area contributed by atoms with Crippen LogP contribution in [0.1, 0.15) is 0 Å². The second kappa shape index (κ2) is 5.43. The van der Waals surface area contributed by atoms with Gasteiger partial charge in [0.1, 0.15) is 11.4 Å². The lowest BCUT2D eigenvalue weighted by molar-refractivity contribution is -0.174. The van der Waals surface area contributed by atoms with Crippen LogP contribution in [0, 0.1) is 4.77 Å². The van der Waals surface area contributed by atoms with Crippen LogP contribution < -0.4 is 5.56 Å². The number of aromatic nitrogens is 2.